The van der Waals surface area contributed by atoms with Crippen molar-refractivity contribution in [3.05, 3.63) is 65.0 Å². The molecule has 1 nitrogen and oxygen atoms in total. The summed E-state index contributed by atoms with van der Waals surface area (Å²) in [6.45, 7) is 1.79. The molecule has 3 rings (SSSR count). The molecule has 1 aliphatic carbocycles. The average molecular weight is 241 g/mol. The molecule has 0 fully saturated rings. The summed E-state index contributed by atoms with van der Waals surface area (Å²) in [7, 11) is 0. The first-order valence-corrected chi connectivity index (χ1v) is 6.34. The van der Waals surface area contributed by atoms with Gasteiger partial charge in [0.2, 0.25) is 0 Å². The highest BCUT2D eigenvalue weighted by Crippen LogP contribution is 2.33. The highest BCUT2D eigenvalue weighted by Gasteiger charge is 2.21. The van der Waals surface area contributed by atoms with E-state index in [9.17, 15) is 4.39 Å². The monoisotopic (exact) mass is 241 g/mol. The molecule has 0 saturated heterocycles. The molecule has 1 unspecified atom stereocenters. The van der Waals surface area contributed by atoms with E-state index < -0.39 is 0 Å². The predicted molar refractivity (Wildman–Crippen MR) is 72.3 cm³/mol. The van der Waals surface area contributed by atoms with Gasteiger partial charge in [0.1, 0.15) is 5.82 Å². The molecular weight excluding hydrogens is 225 g/mol. The van der Waals surface area contributed by atoms with Crippen LogP contribution in [0.5, 0.6) is 0 Å². The first-order valence-electron chi connectivity index (χ1n) is 6.34. The number of anilines is 1. The van der Waals surface area contributed by atoms with Crippen molar-refractivity contribution < 1.29 is 4.39 Å². The van der Waals surface area contributed by atoms with Gasteiger partial charge in [-0.05, 0) is 54.7 Å². The average Bonchev–Trinajstić information content (AvgIpc) is 2.78. The van der Waals surface area contributed by atoms with Gasteiger partial charge < -0.3 is 5.32 Å². The quantitative estimate of drug-likeness (QED) is 0.829. The smallest absolute Gasteiger partial charge is 0.126 e. The molecule has 1 atom stereocenters. The highest BCUT2D eigenvalue weighted by molar-refractivity contribution is 5.50. The summed E-state index contributed by atoms with van der Waals surface area (Å²) in [6.07, 6.45) is 2.23. The van der Waals surface area contributed by atoms with Crippen LogP contribution in [0.15, 0.2) is 42.5 Å². The van der Waals surface area contributed by atoms with Gasteiger partial charge in [-0.25, -0.2) is 4.39 Å². The van der Waals surface area contributed by atoms with E-state index in [0.717, 1.165) is 18.5 Å². The summed E-state index contributed by atoms with van der Waals surface area (Å²) in [6, 6.07) is 14.1. The first kappa shape index (κ1) is 11.3. The third-order valence-electron chi connectivity index (χ3n) is 3.63. The Hall–Kier alpha value is -1.83. The van der Waals surface area contributed by atoms with Crippen molar-refractivity contribution in [3.8, 4) is 0 Å². The van der Waals surface area contributed by atoms with E-state index in [1.807, 2.05) is 12.1 Å². The third-order valence-corrected chi connectivity index (χ3v) is 3.63. The zero-order valence-electron chi connectivity index (χ0n) is 10.4. The van der Waals surface area contributed by atoms with Crippen molar-refractivity contribution in [1.29, 1.82) is 0 Å². The minimum absolute atomic E-state index is 0.146. The van der Waals surface area contributed by atoms with E-state index in [1.165, 1.54) is 17.2 Å². The Kier molecular flexibility index (Phi) is 2.78. The summed E-state index contributed by atoms with van der Waals surface area (Å²) in [5.74, 6) is -0.146. The molecule has 18 heavy (non-hydrogen) atoms. The second-order valence-corrected chi connectivity index (χ2v) is 4.90. The summed E-state index contributed by atoms with van der Waals surface area (Å²) < 4.78 is 13.2. The number of hydrogen-bond donors (Lipinski definition) is 1. The molecule has 0 aromatic heterocycles. The van der Waals surface area contributed by atoms with Crippen molar-refractivity contribution in [2.24, 2.45) is 0 Å². The van der Waals surface area contributed by atoms with Gasteiger partial charge in [0.05, 0.1) is 6.04 Å². The molecule has 0 bridgehead atoms. The predicted octanol–water partition coefficient (Wildman–Crippen LogP) is 4.23. The fourth-order valence-corrected chi connectivity index (χ4v) is 2.64. The van der Waals surface area contributed by atoms with Crippen LogP contribution in [-0.2, 0) is 6.42 Å². The first-order chi connectivity index (χ1) is 8.74. The molecule has 0 heterocycles. The lowest BCUT2D eigenvalue weighted by molar-refractivity contribution is 0.618. The topological polar surface area (TPSA) is 12.0 Å². The van der Waals surface area contributed by atoms with Gasteiger partial charge in [-0.2, -0.15) is 0 Å². The molecule has 0 aliphatic heterocycles. The Labute approximate surface area is 107 Å². The normalized spacial score (nSPS) is 17.6. The highest BCUT2D eigenvalue weighted by atomic mass is 19.1. The van der Waals surface area contributed by atoms with E-state index >= 15 is 0 Å². The summed E-state index contributed by atoms with van der Waals surface area (Å²) in [5, 5.41) is 3.50. The van der Waals surface area contributed by atoms with Crippen molar-refractivity contribution in [3.63, 3.8) is 0 Å². The molecule has 92 valence electrons. The summed E-state index contributed by atoms with van der Waals surface area (Å²) in [5.41, 5.74) is 4.48. The van der Waals surface area contributed by atoms with Crippen molar-refractivity contribution in [2.45, 2.75) is 25.8 Å². The standard InChI is InChI=1S/C16H16FN/c1-11-10-13(7-8-15(11)17)18-16-9-6-12-4-2-3-5-14(12)16/h2-5,7-8,10,16,18H,6,9H2,1H3. The van der Waals surface area contributed by atoms with Gasteiger partial charge >= 0.3 is 0 Å². The Bertz CT molecular complexity index is 577. The van der Waals surface area contributed by atoms with Gasteiger partial charge in [0, 0.05) is 5.69 Å². The maximum absolute atomic E-state index is 13.2. The van der Waals surface area contributed by atoms with Gasteiger partial charge in [-0.15, -0.1) is 0 Å². The third kappa shape index (κ3) is 1.99. The maximum atomic E-state index is 13.2. The Morgan fingerprint density at radius 3 is 2.83 bits per heavy atom. The van der Waals surface area contributed by atoms with Crippen LogP contribution in [0.1, 0.15) is 29.2 Å². The van der Waals surface area contributed by atoms with Crippen molar-refractivity contribution >= 4 is 5.69 Å². The number of benzene rings is 2. The van der Waals surface area contributed by atoms with Gasteiger partial charge in [0.15, 0.2) is 0 Å². The van der Waals surface area contributed by atoms with Crippen LogP contribution in [0.4, 0.5) is 10.1 Å². The summed E-state index contributed by atoms with van der Waals surface area (Å²) >= 11 is 0. The molecule has 2 aromatic carbocycles. The van der Waals surface area contributed by atoms with Crippen LogP contribution in [-0.4, -0.2) is 0 Å². The Morgan fingerprint density at radius 1 is 1.17 bits per heavy atom. The van der Waals surface area contributed by atoms with Crippen LogP contribution in [0.3, 0.4) is 0 Å². The maximum Gasteiger partial charge on any atom is 0.126 e. The van der Waals surface area contributed by atoms with Crippen LogP contribution in [0.25, 0.3) is 0 Å². The zero-order chi connectivity index (χ0) is 12.5. The SMILES string of the molecule is Cc1cc(NC2CCc3ccccc32)ccc1F. The second-order valence-electron chi connectivity index (χ2n) is 4.90. The number of rotatable bonds is 2. The fourth-order valence-electron chi connectivity index (χ4n) is 2.64. The fraction of sp³-hybridized carbons (Fsp3) is 0.250. The molecule has 0 spiro atoms. The second kappa shape index (κ2) is 4.45. The van der Waals surface area contributed by atoms with Crippen LogP contribution < -0.4 is 5.32 Å². The van der Waals surface area contributed by atoms with E-state index in [4.69, 9.17) is 0 Å². The minimum Gasteiger partial charge on any atom is -0.378 e. The molecule has 2 aromatic rings. The summed E-state index contributed by atoms with van der Waals surface area (Å²) in [4.78, 5) is 0. The van der Waals surface area contributed by atoms with Crippen molar-refractivity contribution in [1.82, 2.24) is 0 Å². The van der Waals surface area contributed by atoms with Crippen LogP contribution in [0, 0.1) is 12.7 Å². The lowest BCUT2D eigenvalue weighted by Gasteiger charge is -2.16. The molecule has 1 N–H and O–H groups in total. The van der Waals surface area contributed by atoms with Gasteiger partial charge in [-0.3, -0.25) is 0 Å². The number of fused-ring (bicyclic) bond motifs is 1. The lowest BCUT2D eigenvalue weighted by atomic mass is 10.1. The van der Waals surface area contributed by atoms with E-state index in [-0.39, 0.29) is 5.82 Å². The van der Waals surface area contributed by atoms with E-state index in [1.54, 1.807) is 6.92 Å². The largest absolute Gasteiger partial charge is 0.378 e. The van der Waals surface area contributed by atoms with Crippen LogP contribution >= 0.6 is 0 Å². The van der Waals surface area contributed by atoms with Crippen LogP contribution in [0.2, 0.25) is 0 Å². The molecule has 2 heteroatoms. The van der Waals surface area contributed by atoms with Gasteiger partial charge in [0.25, 0.3) is 0 Å². The number of hydrogen-bond acceptors (Lipinski definition) is 1. The van der Waals surface area contributed by atoms with E-state index in [0.29, 0.717) is 11.6 Å². The van der Waals surface area contributed by atoms with Crippen molar-refractivity contribution in [2.75, 3.05) is 5.32 Å². The molecule has 0 radical (unpaired) electrons. The Morgan fingerprint density at radius 2 is 2.00 bits per heavy atom. The lowest BCUT2D eigenvalue weighted by Crippen LogP contribution is -2.07. The number of halogens is 1. The number of aryl methyl sites for hydroxylation is 2. The van der Waals surface area contributed by atoms with Gasteiger partial charge in [-0.1, -0.05) is 24.3 Å². The minimum atomic E-state index is -0.146. The Balaban J connectivity index is 1.84. The molecule has 0 amide bonds. The van der Waals surface area contributed by atoms with E-state index in [2.05, 4.69) is 29.6 Å². The zero-order valence-corrected chi connectivity index (χ0v) is 10.4. The molecule has 0 saturated carbocycles. The molecule has 1 aliphatic rings. The number of nitrogens with one attached hydrogen (secondary N) is 1. The molecular formula is C16H16FN.